The molecule has 1 amide bonds. The third kappa shape index (κ3) is 4.31. The van der Waals surface area contributed by atoms with Crippen LogP contribution in [0.15, 0.2) is 23.1 Å². The molecule has 1 aromatic rings. The molecule has 0 aliphatic heterocycles. The average molecular weight is 369 g/mol. The second-order valence-corrected chi connectivity index (χ2v) is 8.48. The van der Waals surface area contributed by atoms with Gasteiger partial charge in [-0.25, -0.2) is 8.42 Å². The largest absolute Gasteiger partial charge is 0.496 e. The molecule has 8 heteroatoms. The number of sulfone groups is 1. The van der Waals surface area contributed by atoms with Gasteiger partial charge in [-0.1, -0.05) is 19.3 Å². The van der Waals surface area contributed by atoms with Crippen LogP contribution >= 0.6 is 0 Å². The Labute approximate surface area is 147 Å². The summed E-state index contributed by atoms with van der Waals surface area (Å²) in [6.07, 6.45) is 4.71. The summed E-state index contributed by atoms with van der Waals surface area (Å²) in [4.78, 5) is 24.2. The lowest BCUT2D eigenvalue weighted by molar-refractivity contribution is -0.150. The molecular formula is C17H23NO6S. The van der Waals surface area contributed by atoms with E-state index in [1.165, 1.54) is 25.3 Å². The minimum Gasteiger partial charge on any atom is -0.496 e. The summed E-state index contributed by atoms with van der Waals surface area (Å²) < 4.78 is 28.5. The molecule has 0 heterocycles. The van der Waals surface area contributed by atoms with E-state index in [4.69, 9.17) is 4.74 Å². The van der Waals surface area contributed by atoms with Crippen LogP contribution in [0.4, 0.5) is 0 Å². The maximum absolute atomic E-state index is 12.5. The van der Waals surface area contributed by atoms with Crippen molar-refractivity contribution in [3.63, 3.8) is 0 Å². The number of nitrogens with one attached hydrogen (secondary N) is 1. The zero-order valence-corrected chi connectivity index (χ0v) is 15.2. The first kappa shape index (κ1) is 19.2. The number of amides is 1. The van der Waals surface area contributed by atoms with Gasteiger partial charge in [0.1, 0.15) is 5.75 Å². The number of aliphatic carboxylic acids is 1. The van der Waals surface area contributed by atoms with Crippen molar-refractivity contribution in [3.05, 3.63) is 23.8 Å². The highest BCUT2D eigenvalue weighted by atomic mass is 32.2. The number of carboxylic acid groups (broad SMARTS) is 1. The van der Waals surface area contributed by atoms with Crippen molar-refractivity contribution in [2.75, 3.05) is 19.9 Å². The summed E-state index contributed by atoms with van der Waals surface area (Å²) in [5.41, 5.74) is -0.892. The number of methoxy groups -OCH3 is 1. The third-order valence-corrected chi connectivity index (χ3v) is 5.81. The first-order chi connectivity index (χ1) is 11.7. The van der Waals surface area contributed by atoms with Gasteiger partial charge in [0.25, 0.3) is 5.91 Å². The molecule has 0 atom stereocenters. The van der Waals surface area contributed by atoms with Gasteiger partial charge >= 0.3 is 5.97 Å². The van der Waals surface area contributed by atoms with Crippen molar-refractivity contribution in [1.82, 2.24) is 5.32 Å². The minimum atomic E-state index is -3.47. The predicted molar refractivity (Wildman–Crippen MR) is 91.6 cm³/mol. The molecule has 2 N–H and O–H groups in total. The van der Waals surface area contributed by atoms with Gasteiger partial charge in [-0.05, 0) is 31.0 Å². The minimum absolute atomic E-state index is 0.00376. The number of carboxylic acids is 1. The van der Waals surface area contributed by atoms with Crippen molar-refractivity contribution in [2.45, 2.75) is 37.0 Å². The van der Waals surface area contributed by atoms with Crippen LogP contribution in [0.25, 0.3) is 0 Å². The molecule has 25 heavy (non-hydrogen) atoms. The maximum atomic E-state index is 12.5. The molecule has 2 rings (SSSR count). The molecule has 1 aliphatic rings. The fourth-order valence-corrected chi connectivity index (χ4v) is 3.78. The molecular weight excluding hydrogens is 346 g/mol. The highest BCUT2D eigenvalue weighted by molar-refractivity contribution is 7.90. The van der Waals surface area contributed by atoms with E-state index >= 15 is 0 Å². The average Bonchev–Trinajstić information content (AvgIpc) is 2.59. The first-order valence-corrected chi connectivity index (χ1v) is 9.98. The van der Waals surface area contributed by atoms with Crippen LogP contribution < -0.4 is 10.1 Å². The van der Waals surface area contributed by atoms with E-state index < -0.39 is 27.1 Å². The van der Waals surface area contributed by atoms with Gasteiger partial charge in [0.2, 0.25) is 0 Å². The van der Waals surface area contributed by atoms with Gasteiger partial charge in [0, 0.05) is 12.8 Å². The van der Waals surface area contributed by atoms with E-state index in [9.17, 15) is 23.1 Å². The van der Waals surface area contributed by atoms with Gasteiger partial charge < -0.3 is 15.2 Å². The van der Waals surface area contributed by atoms with Crippen molar-refractivity contribution in [2.24, 2.45) is 5.41 Å². The fraction of sp³-hybridized carbons (Fsp3) is 0.529. The molecule has 0 radical (unpaired) electrons. The Hall–Kier alpha value is -2.09. The topological polar surface area (TPSA) is 110 Å². The van der Waals surface area contributed by atoms with Gasteiger partial charge in [-0.15, -0.1) is 0 Å². The second kappa shape index (κ2) is 7.43. The zero-order chi connectivity index (χ0) is 18.7. The van der Waals surface area contributed by atoms with Crippen LogP contribution in [-0.2, 0) is 14.6 Å². The van der Waals surface area contributed by atoms with E-state index in [2.05, 4.69) is 5.32 Å². The van der Waals surface area contributed by atoms with E-state index in [1.54, 1.807) is 0 Å². The number of hydrogen-bond donors (Lipinski definition) is 2. The molecule has 1 saturated carbocycles. The monoisotopic (exact) mass is 369 g/mol. The highest BCUT2D eigenvalue weighted by Gasteiger charge is 2.40. The summed E-state index contributed by atoms with van der Waals surface area (Å²) in [7, 11) is -2.09. The summed E-state index contributed by atoms with van der Waals surface area (Å²) in [6.45, 7) is 0.00736. The number of hydrogen-bond acceptors (Lipinski definition) is 5. The first-order valence-electron chi connectivity index (χ1n) is 8.09. The molecule has 0 unspecified atom stereocenters. The molecule has 1 aliphatic carbocycles. The molecule has 1 aromatic carbocycles. The van der Waals surface area contributed by atoms with Crippen LogP contribution in [0.2, 0.25) is 0 Å². The van der Waals surface area contributed by atoms with Crippen LogP contribution in [-0.4, -0.2) is 45.3 Å². The number of carbonyl (C=O) groups excluding carboxylic acids is 1. The molecule has 138 valence electrons. The maximum Gasteiger partial charge on any atom is 0.311 e. The van der Waals surface area contributed by atoms with E-state index in [0.717, 1.165) is 25.5 Å². The molecule has 0 spiro atoms. The molecule has 0 saturated heterocycles. The van der Waals surface area contributed by atoms with Gasteiger partial charge in [0.05, 0.1) is 23.0 Å². The van der Waals surface area contributed by atoms with Gasteiger partial charge in [-0.3, -0.25) is 9.59 Å². The third-order valence-electron chi connectivity index (χ3n) is 4.70. The SMILES string of the molecule is COc1ccc(S(C)(=O)=O)cc1C(=O)NCC1(C(=O)O)CCCCC1. The van der Waals surface area contributed by atoms with Crippen LogP contribution in [0.1, 0.15) is 42.5 Å². The van der Waals surface area contributed by atoms with Crippen molar-refractivity contribution >= 4 is 21.7 Å². The van der Waals surface area contributed by atoms with E-state index in [-0.39, 0.29) is 22.8 Å². The number of carbonyl (C=O) groups is 2. The summed E-state index contributed by atoms with van der Waals surface area (Å²) in [5.74, 6) is -1.23. The van der Waals surface area contributed by atoms with Gasteiger partial charge in [-0.2, -0.15) is 0 Å². The number of rotatable bonds is 6. The zero-order valence-electron chi connectivity index (χ0n) is 14.4. The van der Waals surface area contributed by atoms with Crippen LogP contribution in [0, 0.1) is 5.41 Å². The van der Waals surface area contributed by atoms with E-state index in [0.29, 0.717) is 12.8 Å². The predicted octanol–water partition coefficient (Wildman–Crippen LogP) is 1.86. The van der Waals surface area contributed by atoms with E-state index in [1.807, 2.05) is 0 Å². The molecule has 0 bridgehead atoms. The Balaban J connectivity index is 2.23. The van der Waals surface area contributed by atoms with Crippen molar-refractivity contribution in [1.29, 1.82) is 0 Å². The molecule has 7 nitrogen and oxygen atoms in total. The Morgan fingerprint density at radius 3 is 2.40 bits per heavy atom. The highest BCUT2D eigenvalue weighted by Crippen LogP contribution is 2.36. The summed E-state index contributed by atoms with van der Waals surface area (Å²) in [5, 5.41) is 12.2. The summed E-state index contributed by atoms with van der Waals surface area (Å²) in [6, 6.07) is 4.03. The standard InChI is InChI=1S/C17H23NO6S/c1-24-14-7-6-12(25(2,22)23)10-13(14)15(19)18-11-17(16(20)21)8-4-3-5-9-17/h6-7,10H,3-5,8-9,11H2,1-2H3,(H,18,19)(H,20,21). The lowest BCUT2D eigenvalue weighted by Crippen LogP contribution is -2.44. The molecule has 0 aromatic heterocycles. The smallest absolute Gasteiger partial charge is 0.311 e. The number of ether oxygens (including phenoxy) is 1. The van der Waals surface area contributed by atoms with Gasteiger partial charge in [0.15, 0.2) is 9.84 Å². The lowest BCUT2D eigenvalue weighted by atomic mass is 9.74. The molecule has 1 fully saturated rings. The normalized spacial score (nSPS) is 16.9. The Kier molecular flexibility index (Phi) is 5.72. The van der Waals surface area contributed by atoms with Crippen molar-refractivity contribution < 1.29 is 27.9 Å². The summed E-state index contributed by atoms with van der Waals surface area (Å²) >= 11 is 0. The Morgan fingerprint density at radius 1 is 1.24 bits per heavy atom. The number of benzene rings is 1. The van der Waals surface area contributed by atoms with Crippen LogP contribution in [0.3, 0.4) is 0 Å². The Bertz CT molecular complexity index is 765. The Morgan fingerprint density at radius 2 is 1.88 bits per heavy atom. The lowest BCUT2D eigenvalue weighted by Gasteiger charge is -2.33. The fourth-order valence-electron chi connectivity index (χ4n) is 3.13. The van der Waals surface area contributed by atoms with Crippen LogP contribution in [0.5, 0.6) is 5.75 Å². The second-order valence-electron chi connectivity index (χ2n) is 6.46. The van der Waals surface area contributed by atoms with Crippen molar-refractivity contribution in [3.8, 4) is 5.75 Å². The quantitative estimate of drug-likeness (QED) is 0.792.